The number of hydrogen-bond acceptors (Lipinski definition) is 6. The number of nitrogens with zero attached hydrogens (tertiary/aromatic N) is 2. The van der Waals surface area contributed by atoms with Crippen LogP contribution in [-0.4, -0.2) is 42.0 Å². The van der Waals surface area contributed by atoms with Gasteiger partial charge in [-0.15, -0.1) is 0 Å². The molecule has 3 fully saturated rings. The van der Waals surface area contributed by atoms with Gasteiger partial charge in [-0.3, -0.25) is 19.3 Å². The number of anilines is 2. The maximum atomic E-state index is 13.9. The Bertz CT molecular complexity index is 1200. The van der Waals surface area contributed by atoms with Crippen molar-refractivity contribution in [3.8, 4) is 11.5 Å². The molecule has 0 unspecified atom stereocenters. The summed E-state index contributed by atoms with van der Waals surface area (Å²) >= 11 is 0. The summed E-state index contributed by atoms with van der Waals surface area (Å²) in [5, 5.41) is 2.98. The van der Waals surface area contributed by atoms with Crippen molar-refractivity contribution in [3.05, 3.63) is 48.0 Å². The van der Waals surface area contributed by atoms with E-state index in [-0.39, 0.29) is 30.6 Å². The molecule has 4 atom stereocenters. The van der Waals surface area contributed by atoms with Gasteiger partial charge in [0.25, 0.3) is 0 Å². The lowest BCUT2D eigenvalue weighted by atomic mass is 9.75. The van der Waals surface area contributed by atoms with Gasteiger partial charge >= 0.3 is 0 Å². The van der Waals surface area contributed by atoms with Crippen LogP contribution in [0.15, 0.2) is 42.5 Å². The Kier molecular flexibility index (Phi) is 3.15. The summed E-state index contributed by atoms with van der Waals surface area (Å²) in [6, 6.07) is 12.5. The standard InChI is InChI=1S/C23H19N3O5/c27-20-18-15-6-3-9-25(15)23(13-4-1-2-5-14(13)24-22(23)29)19(18)21(28)26(20)12-7-8-16-17(10-12)31-11-30-16/h1-2,4-5,7-8,10,15,18-19H,3,6,9,11H2,(H,24,29)/t15-,18+,19-,23-/m0/s1. The summed E-state index contributed by atoms with van der Waals surface area (Å²) < 4.78 is 10.8. The average molecular weight is 417 g/mol. The molecule has 0 aromatic heterocycles. The van der Waals surface area contributed by atoms with Crippen LogP contribution in [0.5, 0.6) is 11.5 Å². The highest BCUT2D eigenvalue weighted by atomic mass is 16.7. The highest BCUT2D eigenvalue weighted by Crippen LogP contribution is 2.60. The van der Waals surface area contributed by atoms with Crippen LogP contribution in [0.3, 0.4) is 0 Å². The van der Waals surface area contributed by atoms with Crippen molar-refractivity contribution in [2.75, 3.05) is 23.6 Å². The van der Waals surface area contributed by atoms with E-state index < -0.39 is 17.4 Å². The maximum absolute atomic E-state index is 13.9. The van der Waals surface area contributed by atoms with Gasteiger partial charge in [0.15, 0.2) is 11.5 Å². The molecule has 1 N–H and O–H groups in total. The number of ether oxygens (including phenoxy) is 2. The highest BCUT2D eigenvalue weighted by Gasteiger charge is 2.74. The fraction of sp³-hybridized carbons (Fsp3) is 0.348. The van der Waals surface area contributed by atoms with Gasteiger partial charge in [0.1, 0.15) is 5.54 Å². The van der Waals surface area contributed by atoms with Crippen LogP contribution in [0.2, 0.25) is 0 Å². The summed E-state index contributed by atoms with van der Waals surface area (Å²) in [7, 11) is 0. The van der Waals surface area contributed by atoms with E-state index in [0.717, 1.165) is 24.1 Å². The Hall–Kier alpha value is -3.39. The van der Waals surface area contributed by atoms with Crippen molar-refractivity contribution < 1.29 is 23.9 Å². The first-order chi connectivity index (χ1) is 15.1. The third-order valence-electron chi connectivity index (χ3n) is 7.51. The normalized spacial score (nSPS) is 32.6. The molecule has 0 saturated carbocycles. The molecular weight excluding hydrogens is 398 g/mol. The van der Waals surface area contributed by atoms with Gasteiger partial charge in [-0.25, -0.2) is 4.90 Å². The minimum absolute atomic E-state index is 0.114. The fourth-order valence-electron chi connectivity index (χ4n) is 6.44. The van der Waals surface area contributed by atoms with E-state index in [1.165, 1.54) is 4.90 Å². The Labute approximate surface area is 177 Å². The van der Waals surface area contributed by atoms with Crippen molar-refractivity contribution in [1.82, 2.24) is 4.90 Å². The second-order valence-electron chi connectivity index (χ2n) is 8.72. The predicted octanol–water partition coefficient (Wildman–Crippen LogP) is 1.85. The Morgan fingerprint density at radius 1 is 1.00 bits per heavy atom. The first-order valence-electron chi connectivity index (χ1n) is 10.6. The van der Waals surface area contributed by atoms with Crippen LogP contribution in [-0.2, 0) is 19.9 Å². The zero-order valence-corrected chi connectivity index (χ0v) is 16.5. The topological polar surface area (TPSA) is 88.2 Å². The third kappa shape index (κ3) is 1.88. The van der Waals surface area contributed by atoms with Gasteiger partial charge in [-0.2, -0.15) is 0 Å². The van der Waals surface area contributed by atoms with Gasteiger partial charge < -0.3 is 14.8 Å². The van der Waals surface area contributed by atoms with Crippen LogP contribution in [0.1, 0.15) is 18.4 Å². The molecule has 8 heteroatoms. The van der Waals surface area contributed by atoms with E-state index in [9.17, 15) is 14.4 Å². The van der Waals surface area contributed by atoms with Crippen molar-refractivity contribution >= 4 is 29.1 Å². The molecule has 0 radical (unpaired) electrons. The molecule has 5 heterocycles. The molecular formula is C23H19N3O5. The lowest BCUT2D eigenvalue weighted by Crippen LogP contribution is -2.54. The number of carbonyl (C=O) groups excluding carboxylic acids is 3. The number of fused-ring (bicyclic) bond motifs is 8. The van der Waals surface area contributed by atoms with E-state index in [4.69, 9.17) is 9.47 Å². The van der Waals surface area contributed by atoms with E-state index in [1.54, 1.807) is 18.2 Å². The van der Waals surface area contributed by atoms with E-state index in [2.05, 4.69) is 10.2 Å². The number of para-hydroxylation sites is 1. The summed E-state index contributed by atoms with van der Waals surface area (Å²) in [5.41, 5.74) is 0.842. The average Bonchev–Trinajstić information content (AvgIpc) is 3.54. The molecule has 1 spiro atoms. The minimum atomic E-state index is -1.14. The molecule has 5 aliphatic rings. The van der Waals surface area contributed by atoms with Crippen LogP contribution in [0, 0.1) is 11.8 Å². The van der Waals surface area contributed by atoms with Crippen LogP contribution in [0.4, 0.5) is 11.4 Å². The molecule has 3 amide bonds. The Morgan fingerprint density at radius 2 is 1.84 bits per heavy atom. The quantitative estimate of drug-likeness (QED) is 0.713. The first-order valence-corrected chi connectivity index (χ1v) is 10.6. The molecule has 8 nitrogen and oxygen atoms in total. The van der Waals surface area contributed by atoms with Crippen molar-refractivity contribution in [3.63, 3.8) is 0 Å². The van der Waals surface area contributed by atoms with Gasteiger partial charge in [-0.1, -0.05) is 18.2 Å². The zero-order valence-electron chi connectivity index (χ0n) is 16.5. The molecule has 5 aliphatic heterocycles. The lowest BCUT2D eigenvalue weighted by molar-refractivity contribution is -0.135. The second-order valence-corrected chi connectivity index (χ2v) is 8.72. The van der Waals surface area contributed by atoms with Gasteiger partial charge in [-0.05, 0) is 37.6 Å². The van der Waals surface area contributed by atoms with Crippen LogP contribution < -0.4 is 19.7 Å². The van der Waals surface area contributed by atoms with Crippen molar-refractivity contribution in [2.24, 2.45) is 11.8 Å². The van der Waals surface area contributed by atoms with Crippen LogP contribution >= 0.6 is 0 Å². The largest absolute Gasteiger partial charge is 0.454 e. The number of nitrogens with one attached hydrogen (secondary N) is 1. The van der Waals surface area contributed by atoms with Crippen molar-refractivity contribution in [2.45, 2.75) is 24.4 Å². The molecule has 31 heavy (non-hydrogen) atoms. The summed E-state index contributed by atoms with van der Waals surface area (Å²) in [4.78, 5) is 44.4. The summed E-state index contributed by atoms with van der Waals surface area (Å²) in [6.07, 6.45) is 1.70. The minimum Gasteiger partial charge on any atom is -0.454 e. The molecule has 2 aromatic carbocycles. The predicted molar refractivity (Wildman–Crippen MR) is 109 cm³/mol. The third-order valence-corrected chi connectivity index (χ3v) is 7.51. The van der Waals surface area contributed by atoms with Gasteiger partial charge in [0.05, 0.1) is 17.5 Å². The SMILES string of the molecule is O=C1[C@H]2[C@@H](C(=O)N1c1ccc3c(c1)OCO3)[C@@]1(C(=O)Nc3ccccc31)N1CCC[C@@H]21. The monoisotopic (exact) mass is 417 g/mol. The summed E-state index contributed by atoms with van der Waals surface area (Å²) in [5.74, 6) is -0.963. The second kappa shape index (κ2) is 5.64. The highest BCUT2D eigenvalue weighted by molar-refractivity contribution is 6.26. The molecule has 0 aliphatic carbocycles. The number of imide groups is 1. The molecule has 2 aromatic rings. The van der Waals surface area contributed by atoms with E-state index in [0.29, 0.717) is 23.7 Å². The fourth-order valence-corrected chi connectivity index (χ4v) is 6.44. The Balaban J connectivity index is 1.40. The number of rotatable bonds is 1. The number of amides is 3. The molecule has 7 rings (SSSR count). The first kappa shape index (κ1) is 17.3. The maximum Gasteiger partial charge on any atom is 0.250 e. The molecule has 3 saturated heterocycles. The molecule has 0 bridgehead atoms. The van der Waals surface area contributed by atoms with E-state index >= 15 is 0 Å². The lowest BCUT2D eigenvalue weighted by Gasteiger charge is -2.36. The van der Waals surface area contributed by atoms with Crippen molar-refractivity contribution in [1.29, 1.82) is 0 Å². The number of benzene rings is 2. The number of hydrogen-bond donors (Lipinski definition) is 1. The zero-order chi connectivity index (χ0) is 20.9. The molecule has 156 valence electrons. The van der Waals surface area contributed by atoms with Crippen LogP contribution in [0.25, 0.3) is 0 Å². The number of carbonyl (C=O) groups is 3. The smallest absolute Gasteiger partial charge is 0.250 e. The van der Waals surface area contributed by atoms with Gasteiger partial charge in [0, 0.05) is 23.4 Å². The van der Waals surface area contributed by atoms with Gasteiger partial charge in [0.2, 0.25) is 24.5 Å². The summed E-state index contributed by atoms with van der Waals surface area (Å²) in [6.45, 7) is 0.813. The van der Waals surface area contributed by atoms with E-state index in [1.807, 2.05) is 24.3 Å². The Morgan fingerprint density at radius 3 is 2.74 bits per heavy atom.